The predicted molar refractivity (Wildman–Crippen MR) is 90.6 cm³/mol. The van der Waals surface area contributed by atoms with Crippen molar-refractivity contribution in [2.45, 2.75) is 17.9 Å². The first-order valence-electron chi connectivity index (χ1n) is 6.95. The third kappa shape index (κ3) is 5.21. The number of carbonyl (C=O) groups excluding carboxylic acids is 2. The quantitative estimate of drug-likeness (QED) is 0.480. The highest BCUT2D eigenvalue weighted by Gasteiger charge is 2.19. The van der Waals surface area contributed by atoms with E-state index in [1.807, 2.05) is 0 Å². The molecular formula is C16H14ClFN2O3S. The van der Waals surface area contributed by atoms with Crippen LogP contribution < -0.4 is 5.32 Å². The molecule has 1 heterocycles. The van der Waals surface area contributed by atoms with Crippen LogP contribution >= 0.6 is 23.4 Å². The normalized spacial score (nSPS) is 11.6. The van der Waals surface area contributed by atoms with Gasteiger partial charge in [0.15, 0.2) is 11.3 Å². The van der Waals surface area contributed by atoms with Crippen molar-refractivity contribution in [1.29, 1.82) is 0 Å². The Bertz CT molecular complexity index is 745. The van der Waals surface area contributed by atoms with Crippen LogP contribution in [0.3, 0.4) is 0 Å². The molecule has 8 heteroatoms. The lowest BCUT2D eigenvalue weighted by Gasteiger charge is -2.13. The number of nitrogens with one attached hydrogen (secondary N) is 1. The summed E-state index contributed by atoms with van der Waals surface area (Å²) >= 11 is 6.84. The molecule has 1 aromatic carbocycles. The van der Waals surface area contributed by atoms with Gasteiger partial charge < -0.3 is 10.1 Å². The fraction of sp³-hybridized carbons (Fsp3) is 0.188. The van der Waals surface area contributed by atoms with E-state index in [4.69, 9.17) is 16.3 Å². The zero-order valence-corrected chi connectivity index (χ0v) is 14.2. The summed E-state index contributed by atoms with van der Waals surface area (Å²) in [5, 5.41) is 2.66. The molecule has 0 aliphatic carbocycles. The summed E-state index contributed by atoms with van der Waals surface area (Å²) in [4.78, 5) is 27.9. The molecule has 1 amide bonds. The van der Waals surface area contributed by atoms with Gasteiger partial charge in [-0.15, -0.1) is 11.8 Å². The van der Waals surface area contributed by atoms with Gasteiger partial charge in [-0.25, -0.2) is 9.37 Å². The van der Waals surface area contributed by atoms with Crippen LogP contribution in [-0.4, -0.2) is 28.7 Å². The number of benzene rings is 1. The Balaban J connectivity index is 1.84. The first-order chi connectivity index (χ1) is 11.5. The molecule has 2 rings (SSSR count). The minimum Gasteiger partial charge on any atom is -0.452 e. The Labute approximate surface area is 147 Å². The first kappa shape index (κ1) is 18.2. The number of rotatable bonds is 6. The monoisotopic (exact) mass is 368 g/mol. The maximum atomic E-state index is 13.5. The van der Waals surface area contributed by atoms with Crippen molar-refractivity contribution in [3.05, 3.63) is 53.6 Å². The van der Waals surface area contributed by atoms with Gasteiger partial charge in [-0.1, -0.05) is 23.7 Å². The average molecular weight is 369 g/mol. The van der Waals surface area contributed by atoms with Crippen LogP contribution in [0.25, 0.3) is 0 Å². The minimum atomic E-state index is -1.02. The van der Waals surface area contributed by atoms with Crippen LogP contribution in [0.15, 0.2) is 47.5 Å². The largest absolute Gasteiger partial charge is 0.452 e. The SMILES string of the molecule is C[C@H](OC(=O)CSc1ccccc1F)C(=O)Nc1cccnc1Cl. The average Bonchev–Trinajstić information content (AvgIpc) is 2.56. The molecule has 0 spiro atoms. The molecule has 0 aliphatic heterocycles. The second kappa shape index (κ2) is 8.65. The van der Waals surface area contributed by atoms with E-state index >= 15 is 0 Å². The summed E-state index contributed by atoms with van der Waals surface area (Å²) in [5.41, 5.74) is 0.327. The Morgan fingerprint density at radius 1 is 1.33 bits per heavy atom. The van der Waals surface area contributed by atoms with E-state index in [2.05, 4.69) is 10.3 Å². The molecule has 2 aromatic rings. The van der Waals surface area contributed by atoms with Crippen molar-refractivity contribution in [1.82, 2.24) is 4.98 Å². The number of nitrogens with zero attached hydrogens (tertiary/aromatic N) is 1. The van der Waals surface area contributed by atoms with Crippen LogP contribution in [0.2, 0.25) is 5.15 Å². The smallest absolute Gasteiger partial charge is 0.317 e. The number of hydrogen-bond acceptors (Lipinski definition) is 5. The lowest BCUT2D eigenvalue weighted by molar-refractivity contribution is -0.150. The highest BCUT2D eigenvalue weighted by Crippen LogP contribution is 2.21. The minimum absolute atomic E-state index is 0.105. The summed E-state index contributed by atoms with van der Waals surface area (Å²) < 4.78 is 18.5. The number of anilines is 1. The first-order valence-corrected chi connectivity index (χ1v) is 8.32. The highest BCUT2D eigenvalue weighted by molar-refractivity contribution is 8.00. The van der Waals surface area contributed by atoms with Gasteiger partial charge in [0.05, 0.1) is 11.4 Å². The Morgan fingerprint density at radius 3 is 2.79 bits per heavy atom. The molecule has 1 aromatic heterocycles. The molecule has 0 fully saturated rings. The number of thioether (sulfide) groups is 1. The summed E-state index contributed by atoms with van der Waals surface area (Å²) in [7, 11) is 0. The molecule has 5 nitrogen and oxygen atoms in total. The fourth-order valence-electron chi connectivity index (χ4n) is 1.70. The van der Waals surface area contributed by atoms with Gasteiger partial charge in [0.1, 0.15) is 5.82 Å². The van der Waals surface area contributed by atoms with Crippen LogP contribution in [-0.2, 0) is 14.3 Å². The number of amides is 1. The third-order valence-corrected chi connectivity index (χ3v) is 4.20. The van der Waals surface area contributed by atoms with E-state index in [-0.39, 0.29) is 10.9 Å². The van der Waals surface area contributed by atoms with Crippen molar-refractivity contribution >= 4 is 40.9 Å². The predicted octanol–water partition coefficient (Wildman–Crippen LogP) is 3.54. The Morgan fingerprint density at radius 2 is 2.08 bits per heavy atom. The van der Waals surface area contributed by atoms with Gasteiger partial charge in [-0.2, -0.15) is 0 Å². The summed E-state index contributed by atoms with van der Waals surface area (Å²) in [6.45, 7) is 1.44. The second-order valence-electron chi connectivity index (χ2n) is 4.68. The number of pyridine rings is 1. The van der Waals surface area contributed by atoms with E-state index < -0.39 is 23.8 Å². The van der Waals surface area contributed by atoms with Gasteiger partial charge >= 0.3 is 5.97 Å². The van der Waals surface area contributed by atoms with Gasteiger partial charge in [0.25, 0.3) is 5.91 Å². The maximum Gasteiger partial charge on any atom is 0.317 e. The number of aromatic nitrogens is 1. The van der Waals surface area contributed by atoms with Crippen LogP contribution in [0.5, 0.6) is 0 Å². The van der Waals surface area contributed by atoms with Crippen molar-refractivity contribution < 1.29 is 18.7 Å². The Kier molecular flexibility index (Phi) is 6.57. The molecule has 0 saturated heterocycles. The molecule has 0 bridgehead atoms. The van der Waals surface area contributed by atoms with Gasteiger partial charge in [0.2, 0.25) is 0 Å². The number of hydrogen-bond donors (Lipinski definition) is 1. The molecule has 24 heavy (non-hydrogen) atoms. The molecule has 0 radical (unpaired) electrons. The second-order valence-corrected chi connectivity index (χ2v) is 6.06. The van der Waals surface area contributed by atoms with E-state index in [0.29, 0.717) is 10.6 Å². The zero-order chi connectivity index (χ0) is 17.5. The molecule has 0 saturated carbocycles. The number of esters is 1. The standard InChI is InChI=1S/C16H14ClFN2O3S/c1-10(16(22)20-12-6-4-8-19-15(12)17)23-14(21)9-24-13-7-3-2-5-11(13)18/h2-8,10H,9H2,1H3,(H,20,22)/t10-/m0/s1. The van der Waals surface area contributed by atoms with Crippen LogP contribution in [0, 0.1) is 5.82 Å². The van der Waals surface area contributed by atoms with Crippen LogP contribution in [0.1, 0.15) is 6.92 Å². The molecule has 0 unspecified atom stereocenters. The Hall–Kier alpha value is -2.12. The van der Waals surface area contributed by atoms with E-state index in [1.54, 1.807) is 30.3 Å². The maximum absolute atomic E-state index is 13.5. The van der Waals surface area contributed by atoms with Gasteiger partial charge in [-0.05, 0) is 31.2 Å². The lowest BCUT2D eigenvalue weighted by atomic mass is 10.3. The zero-order valence-electron chi connectivity index (χ0n) is 12.7. The van der Waals surface area contributed by atoms with Crippen molar-refractivity contribution in [2.24, 2.45) is 0 Å². The number of halogens is 2. The van der Waals surface area contributed by atoms with Crippen molar-refractivity contribution in [2.75, 3.05) is 11.1 Å². The van der Waals surface area contributed by atoms with Gasteiger partial charge in [0, 0.05) is 11.1 Å². The summed E-state index contributed by atoms with van der Waals surface area (Å²) in [5.74, 6) is -1.67. The van der Waals surface area contributed by atoms with E-state index in [1.165, 1.54) is 19.2 Å². The van der Waals surface area contributed by atoms with Gasteiger partial charge in [-0.3, -0.25) is 9.59 Å². The molecule has 0 aliphatic rings. The molecule has 1 atom stereocenters. The summed E-state index contributed by atoms with van der Waals surface area (Å²) in [6, 6.07) is 9.30. The third-order valence-electron chi connectivity index (χ3n) is 2.88. The van der Waals surface area contributed by atoms with Crippen LogP contribution in [0.4, 0.5) is 10.1 Å². The molecule has 1 N–H and O–H groups in total. The number of carbonyl (C=O) groups is 2. The summed E-state index contributed by atoms with van der Waals surface area (Å²) in [6.07, 6.45) is 0.469. The van der Waals surface area contributed by atoms with E-state index in [0.717, 1.165) is 11.8 Å². The topological polar surface area (TPSA) is 68.3 Å². The highest BCUT2D eigenvalue weighted by atomic mass is 35.5. The number of ether oxygens (including phenoxy) is 1. The lowest BCUT2D eigenvalue weighted by Crippen LogP contribution is -2.30. The molecule has 126 valence electrons. The fourth-order valence-corrected chi connectivity index (χ4v) is 2.59. The van der Waals surface area contributed by atoms with E-state index in [9.17, 15) is 14.0 Å². The van der Waals surface area contributed by atoms with Crippen molar-refractivity contribution in [3.63, 3.8) is 0 Å². The van der Waals surface area contributed by atoms with Crippen molar-refractivity contribution in [3.8, 4) is 0 Å². The molecular weight excluding hydrogens is 355 g/mol.